The number of halogens is 2. The van der Waals surface area contributed by atoms with Crippen molar-refractivity contribution in [2.75, 3.05) is 11.4 Å². The van der Waals surface area contributed by atoms with Gasteiger partial charge in [0.15, 0.2) is 11.5 Å². The first-order chi connectivity index (χ1) is 15.1. The number of hydrogen-bond donors (Lipinski definition) is 0. The fraction of sp³-hybridized carbons (Fsp3) is 0.364. The van der Waals surface area contributed by atoms with Crippen LogP contribution in [0.15, 0.2) is 43.0 Å². The zero-order valence-corrected chi connectivity index (χ0v) is 16.6. The Morgan fingerprint density at radius 3 is 2.84 bits per heavy atom. The van der Waals surface area contributed by atoms with Crippen molar-refractivity contribution in [2.24, 2.45) is 5.92 Å². The van der Waals surface area contributed by atoms with Crippen LogP contribution in [-0.4, -0.2) is 35.9 Å². The van der Waals surface area contributed by atoms with Crippen molar-refractivity contribution >= 4 is 11.5 Å². The molecule has 7 nitrogen and oxygen atoms in total. The van der Waals surface area contributed by atoms with E-state index in [0.717, 1.165) is 43.6 Å². The number of anilines is 1. The molecule has 9 heteroatoms. The van der Waals surface area contributed by atoms with Gasteiger partial charge >= 0.3 is 0 Å². The lowest BCUT2D eigenvalue weighted by Gasteiger charge is -2.30. The minimum absolute atomic E-state index is 0.308. The molecule has 31 heavy (non-hydrogen) atoms. The lowest BCUT2D eigenvalue weighted by Crippen LogP contribution is -2.34. The second-order valence-electron chi connectivity index (χ2n) is 8.78. The molecule has 0 radical (unpaired) electrons. The van der Waals surface area contributed by atoms with E-state index in [0.29, 0.717) is 29.0 Å². The minimum atomic E-state index is -0.524. The van der Waals surface area contributed by atoms with Crippen molar-refractivity contribution in [1.29, 1.82) is 0 Å². The fourth-order valence-corrected chi connectivity index (χ4v) is 5.18. The molecule has 2 aliphatic carbocycles. The number of aromatic nitrogens is 6. The molecule has 1 aromatic carbocycles. The summed E-state index contributed by atoms with van der Waals surface area (Å²) in [5, 5.41) is 9.01. The Labute approximate surface area is 176 Å². The highest BCUT2D eigenvalue weighted by molar-refractivity contribution is 5.73. The Bertz CT molecular complexity index is 1340. The topological polar surface area (TPSA) is 64.1 Å². The molecule has 0 spiro atoms. The van der Waals surface area contributed by atoms with Crippen molar-refractivity contribution in [3.05, 3.63) is 60.2 Å². The van der Waals surface area contributed by atoms with E-state index in [9.17, 15) is 8.78 Å². The number of benzene rings is 1. The van der Waals surface area contributed by atoms with Gasteiger partial charge in [-0.25, -0.2) is 27.9 Å². The van der Waals surface area contributed by atoms with Gasteiger partial charge in [0.05, 0.1) is 23.3 Å². The molecule has 2 saturated carbocycles. The van der Waals surface area contributed by atoms with Crippen LogP contribution in [0.4, 0.5) is 14.6 Å². The van der Waals surface area contributed by atoms with Crippen LogP contribution < -0.4 is 4.90 Å². The van der Waals surface area contributed by atoms with Gasteiger partial charge in [0.25, 0.3) is 0 Å². The summed E-state index contributed by atoms with van der Waals surface area (Å²) in [5.41, 5.74) is 1.32. The number of nitrogens with zero attached hydrogens (tertiary/aromatic N) is 7. The third kappa shape index (κ3) is 2.43. The first kappa shape index (κ1) is 17.3. The average Bonchev–Trinajstić information content (AvgIpc) is 3.60. The molecule has 4 aromatic rings. The van der Waals surface area contributed by atoms with E-state index in [2.05, 4.69) is 20.1 Å². The second-order valence-corrected chi connectivity index (χ2v) is 8.78. The van der Waals surface area contributed by atoms with Gasteiger partial charge in [0.2, 0.25) is 0 Å². The van der Waals surface area contributed by atoms with E-state index in [1.807, 2.05) is 16.9 Å². The van der Waals surface area contributed by atoms with Crippen LogP contribution in [0, 0.1) is 17.6 Å². The van der Waals surface area contributed by atoms with Gasteiger partial charge in [-0.3, -0.25) is 0 Å². The number of rotatable bonds is 4. The maximum absolute atomic E-state index is 14.7. The van der Waals surface area contributed by atoms with Gasteiger partial charge in [-0.1, -0.05) is 0 Å². The van der Waals surface area contributed by atoms with E-state index in [-0.39, 0.29) is 5.82 Å². The molecule has 3 aromatic heterocycles. The van der Waals surface area contributed by atoms with Gasteiger partial charge in [0.1, 0.15) is 23.8 Å². The highest BCUT2D eigenvalue weighted by Gasteiger charge is 2.64. The van der Waals surface area contributed by atoms with Crippen LogP contribution in [0.1, 0.15) is 37.3 Å². The summed E-state index contributed by atoms with van der Waals surface area (Å²) in [6, 6.07) is 6.07. The molecule has 4 heterocycles. The van der Waals surface area contributed by atoms with E-state index in [4.69, 9.17) is 4.98 Å². The van der Waals surface area contributed by atoms with Crippen molar-refractivity contribution in [1.82, 2.24) is 29.4 Å². The van der Waals surface area contributed by atoms with Crippen molar-refractivity contribution in [3.8, 4) is 11.4 Å². The molecule has 1 aliphatic heterocycles. The molecule has 3 fully saturated rings. The Morgan fingerprint density at radius 2 is 2.00 bits per heavy atom. The van der Waals surface area contributed by atoms with Crippen LogP contribution in [0.2, 0.25) is 0 Å². The Morgan fingerprint density at radius 1 is 1.10 bits per heavy atom. The summed E-state index contributed by atoms with van der Waals surface area (Å²) in [6.45, 7) is 0.752. The summed E-state index contributed by atoms with van der Waals surface area (Å²) in [7, 11) is 0. The predicted molar refractivity (Wildman–Crippen MR) is 108 cm³/mol. The molecule has 2 atom stereocenters. The number of piperidine rings is 1. The molecule has 1 saturated heterocycles. The number of hydrogen-bond acceptors (Lipinski definition) is 5. The predicted octanol–water partition coefficient (Wildman–Crippen LogP) is 3.73. The minimum Gasteiger partial charge on any atom is -0.346 e. The molecule has 7 rings (SSSR count). The maximum atomic E-state index is 14.7. The smallest absolute Gasteiger partial charge is 0.186 e. The standard InChI is InChI=1S/C22H19F2N7/c23-14-1-4-18(24)17(9-14)22-10-13(22)5-7-29(22)19-6-8-30-21(27-19)16(11-26-30)20-25-12-31(28-20)15-2-3-15/h1,4,6,8-9,11-13,15H,2-3,5,7,10H2/t13-,22+/m0/s1. The van der Waals surface area contributed by atoms with Crippen molar-refractivity contribution in [3.63, 3.8) is 0 Å². The summed E-state index contributed by atoms with van der Waals surface area (Å²) in [6.07, 6.45) is 9.35. The van der Waals surface area contributed by atoms with Crippen LogP contribution in [-0.2, 0) is 5.54 Å². The van der Waals surface area contributed by atoms with Crippen molar-refractivity contribution in [2.45, 2.75) is 37.3 Å². The summed E-state index contributed by atoms with van der Waals surface area (Å²) in [4.78, 5) is 11.5. The van der Waals surface area contributed by atoms with Crippen LogP contribution in [0.25, 0.3) is 17.0 Å². The van der Waals surface area contributed by atoms with Crippen LogP contribution in [0.3, 0.4) is 0 Å². The highest BCUT2D eigenvalue weighted by atomic mass is 19.1. The molecule has 156 valence electrons. The zero-order chi connectivity index (χ0) is 20.7. The van der Waals surface area contributed by atoms with E-state index in [1.165, 1.54) is 18.2 Å². The number of fused-ring (bicyclic) bond motifs is 2. The Balaban J connectivity index is 1.32. The first-order valence-corrected chi connectivity index (χ1v) is 10.6. The maximum Gasteiger partial charge on any atom is 0.186 e. The van der Waals surface area contributed by atoms with Crippen LogP contribution >= 0.6 is 0 Å². The average molecular weight is 419 g/mol. The largest absolute Gasteiger partial charge is 0.346 e. The lowest BCUT2D eigenvalue weighted by molar-refractivity contribution is 0.544. The summed E-state index contributed by atoms with van der Waals surface area (Å²) in [5.74, 6) is 0.864. The molecule has 0 unspecified atom stereocenters. The SMILES string of the molecule is Fc1ccc(F)c([C@@]23C[C@@H]2CCN3c2ccn3ncc(-c4ncn(C5CC5)n4)c3n2)c1. The van der Waals surface area contributed by atoms with Gasteiger partial charge in [0, 0.05) is 18.3 Å². The second kappa shape index (κ2) is 5.87. The molecule has 0 N–H and O–H groups in total. The molecular formula is C22H19F2N7. The van der Waals surface area contributed by atoms with E-state index < -0.39 is 11.4 Å². The zero-order valence-electron chi connectivity index (χ0n) is 16.6. The first-order valence-electron chi connectivity index (χ1n) is 10.6. The van der Waals surface area contributed by atoms with Crippen molar-refractivity contribution < 1.29 is 8.78 Å². The highest BCUT2D eigenvalue weighted by Crippen LogP contribution is 2.63. The van der Waals surface area contributed by atoms with Gasteiger partial charge in [-0.2, -0.15) is 10.2 Å². The molecule has 3 aliphatic rings. The van der Waals surface area contributed by atoms with Gasteiger partial charge in [-0.15, -0.1) is 0 Å². The molecule has 0 amide bonds. The monoisotopic (exact) mass is 419 g/mol. The Hall–Kier alpha value is -3.36. The molecular weight excluding hydrogens is 400 g/mol. The molecule has 0 bridgehead atoms. The fourth-order valence-electron chi connectivity index (χ4n) is 5.18. The Kier molecular flexibility index (Phi) is 3.28. The van der Waals surface area contributed by atoms with E-state index >= 15 is 0 Å². The summed E-state index contributed by atoms with van der Waals surface area (Å²) < 4.78 is 32.3. The van der Waals surface area contributed by atoms with Gasteiger partial charge < -0.3 is 4.90 Å². The quantitative estimate of drug-likeness (QED) is 0.504. The lowest BCUT2D eigenvalue weighted by atomic mass is 10.0. The third-order valence-electron chi connectivity index (χ3n) is 6.95. The van der Waals surface area contributed by atoms with Gasteiger partial charge in [-0.05, 0) is 55.9 Å². The normalized spacial score (nSPS) is 24.7. The third-order valence-corrected chi connectivity index (χ3v) is 6.95. The van der Waals surface area contributed by atoms with E-state index in [1.54, 1.807) is 17.0 Å². The summed E-state index contributed by atoms with van der Waals surface area (Å²) >= 11 is 0. The van der Waals surface area contributed by atoms with Crippen LogP contribution in [0.5, 0.6) is 0 Å².